The normalized spacial score (nSPS) is 10.6. The van der Waals surface area contributed by atoms with Crippen molar-refractivity contribution in [1.82, 2.24) is 10.1 Å². The molecule has 0 aliphatic rings. The van der Waals surface area contributed by atoms with Gasteiger partial charge in [-0.2, -0.15) is 0 Å². The van der Waals surface area contributed by atoms with Gasteiger partial charge in [-0.05, 0) is 57.9 Å². The highest BCUT2D eigenvalue weighted by Gasteiger charge is 2.13. The Morgan fingerprint density at radius 2 is 1.84 bits per heavy atom. The van der Waals surface area contributed by atoms with Crippen LogP contribution in [-0.4, -0.2) is 10.1 Å². The monoisotopic (exact) mass is 318 g/mol. The van der Waals surface area contributed by atoms with Crippen molar-refractivity contribution >= 4 is 15.9 Å². The summed E-state index contributed by atoms with van der Waals surface area (Å²) in [6, 6.07) is 9.85. The highest BCUT2D eigenvalue weighted by molar-refractivity contribution is 9.10. The Kier molecular flexibility index (Phi) is 3.13. The molecule has 0 atom stereocenters. The van der Waals surface area contributed by atoms with Crippen LogP contribution in [0.1, 0.15) is 0 Å². The van der Waals surface area contributed by atoms with Gasteiger partial charge in [0.2, 0.25) is 0 Å². The number of halogens is 2. The van der Waals surface area contributed by atoms with Crippen LogP contribution in [0.25, 0.3) is 22.5 Å². The lowest BCUT2D eigenvalue weighted by molar-refractivity contribution is 0.432. The number of hydrogen-bond acceptors (Lipinski definition) is 3. The molecule has 3 aromatic rings. The van der Waals surface area contributed by atoms with Gasteiger partial charge in [-0.15, -0.1) is 0 Å². The topological polar surface area (TPSA) is 38.9 Å². The van der Waals surface area contributed by atoms with E-state index < -0.39 is 0 Å². The molecule has 94 valence electrons. The maximum Gasteiger partial charge on any atom is 0.174 e. The van der Waals surface area contributed by atoms with Gasteiger partial charge in [-0.1, -0.05) is 5.16 Å². The summed E-state index contributed by atoms with van der Waals surface area (Å²) in [6.45, 7) is 0. The Hall–Kier alpha value is -2.01. The molecular weight excluding hydrogens is 311 g/mol. The van der Waals surface area contributed by atoms with Crippen LogP contribution in [0.15, 0.2) is 57.9 Å². The van der Waals surface area contributed by atoms with Gasteiger partial charge in [0.1, 0.15) is 10.4 Å². The molecule has 2 aromatic heterocycles. The summed E-state index contributed by atoms with van der Waals surface area (Å²) in [6.07, 6.45) is 3.33. The predicted molar refractivity (Wildman–Crippen MR) is 72.8 cm³/mol. The highest BCUT2D eigenvalue weighted by Crippen LogP contribution is 2.32. The van der Waals surface area contributed by atoms with Crippen molar-refractivity contribution < 1.29 is 8.91 Å². The number of pyridine rings is 1. The van der Waals surface area contributed by atoms with E-state index in [-0.39, 0.29) is 5.82 Å². The van der Waals surface area contributed by atoms with Crippen molar-refractivity contribution in [2.24, 2.45) is 0 Å². The molecule has 0 unspecified atom stereocenters. The molecule has 0 fully saturated rings. The zero-order chi connectivity index (χ0) is 13.2. The molecule has 0 amide bonds. The largest absolute Gasteiger partial charge is 0.356 e. The molecule has 2 heterocycles. The Labute approximate surface area is 117 Å². The third kappa shape index (κ3) is 2.42. The molecule has 0 aliphatic heterocycles. The van der Waals surface area contributed by atoms with Crippen LogP contribution >= 0.6 is 15.9 Å². The fraction of sp³-hybridized carbons (Fsp3) is 0. The molecule has 19 heavy (non-hydrogen) atoms. The van der Waals surface area contributed by atoms with Gasteiger partial charge in [0, 0.05) is 17.3 Å². The molecule has 0 saturated carbocycles. The Morgan fingerprint density at radius 1 is 1.05 bits per heavy atom. The van der Waals surface area contributed by atoms with E-state index >= 15 is 0 Å². The fourth-order valence-electron chi connectivity index (χ4n) is 1.82. The van der Waals surface area contributed by atoms with E-state index in [4.69, 9.17) is 4.52 Å². The van der Waals surface area contributed by atoms with Gasteiger partial charge in [0.05, 0.1) is 6.20 Å². The van der Waals surface area contributed by atoms with Crippen LogP contribution in [-0.2, 0) is 0 Å². The van der Waals surface area contributed by atoms with Crippen molar-refractivity contribution in [3.8, 4) is 22.5 Å². The molecule has 3 rings (SSSR count). The average Bonchev–Trinajstić information content (AvgIpc) is 2.89. The van der Waals surface area contributed by atoms with Crippen LogP contribution < -0.4 is 0 Å². The minimum atomic E-state index is -0.281. The standard InChI is InChI=1S/C14H8BrFN2O/c15-13-7-10(5-6-17-13)12-8-18-19-14(12)9-1-3-11(16)4-2-9/h1-8H. The Balaban J connectivity index is 2.10. The third-order valence-electron chi connectivity index (χ3n) is 2.71. The minimum absolute atomic E-state index is 0.281. The van der Waals surface area contributed by atoms with Crippen LogP contribution in [0.3, 0.4) is 0 Å². The van der Waals surface area contributed by atoms with E-state index in [1.165, 1.54) is 12.1 Å². The Morgan fingerprint density at radius 3 is 2.58 bits per heavy atom. The van der Waals surface area contributed by atoms with E-state index in [0.717, 1.165) is 21.3 Å². The highest BCUT2D eigenvalue weighted by atomic mass is 79.9. The maximum atomic E-state index is 12.9. The zero-order valence-corrected chi connectivity index (χ0v) is 11.3. The van der Waals surface area contributed by atoms with Crippen molar-refractivity contribution in [1.29, 1.82) is 0 Å². The number of rotatable bonds is 2. The SMILES string of the molecule is Fc1ccc(-c2oncc2-c2ccnc(Br)c2)cc1. The quantitative estimate of drug-likeness (QED) is 0.661. The summed E-state index contributed by atoms with van der Waals surface area (Å²) in [7, 11) is 0. The molecule has 0 bridgehead atoms. The molecule has 0 aliphatic carbocycles. The van der Waals surface area contributed by atoms with E-state index in [2.05, 4.69) is 26.1 Å². The second kappa shape index (κ2) is 4.93. The van der Waals surface area contributed by atoms with Crippen molar-refractivity contribution in [2.45, 2.75) is 0 Å². The van der Waals surface area contributed by atoms with Gasteiger partial charge in [0.15, 0.2) is 5.76 Å². The van der Waals surface area contributed by atoms with Crippen LogP contribution in [0, 0.1) is 5.82 Å². The summed E-state index contributed by atoms with van der Waals surface area (Å²) in [5.41, 5.74) is 2.55. The van der Waals surface area contributed by atoms with Crippen LogP contribution in [0.5, 0.6) is 0 Å². The van der Waals surface area contributed by atoms with Gasteiger partial charge in [0.25, 0.3) is 0 Å². The first-order valence-electron chi connectivity index (χ1n) is 5.56. The molecule has 0 radical (unpaired) electrons. The number of aromatic nitrogens is 2. The zero-order valence-electron chi connectivity index (χ0n) is 9.68. The molecule has 0 saturated heterocycles. The van der Waals surface area contributed by atoms with Gasteiger partial charge >= 0.3 is 0 Å². The predicted octanol–water partition coefficient (Wildman–Crippen LogP) is 4.31. The summed E-state index contributed by atoms with van der Waals surface area (Å²) in [5, 5.41) is 3.82. The molecule has 1 aromatic carbocycles. The van der Waals surface area contributed by atoms with E-state index in [0.29, 0.717) is 5.76 Å². The number of hydrogen-bond donors (Lipinski definition) is 0. The first-order valence-corrected chi connectivity index (χ1v) is 6.36. The third-order valence-corrected chi connectivity index (χ3v) is 3.15. The van der Waals surface area contributed by atoms with E-state index in [9.17, 15) is 4.39 Å². The summed E-state index contributed by atoms with van der Waals surface area (Å²) < 4.78 is 19.0. The minimum Gasteiger partial charge on any atom is -0.356 e. The summed E-state index contributed by atoms with van der Waals surface area (Å²) in [5.74, 6) is 0.328. The maximum absolute atomic E-state index is 12.9. The molecule has 5 heteroatoms. The van der Waals surface area contributed by atoms with Crippen molar-refractivity contribution in [3.05, 3.63) is 59.2 Å². The van der Waals surface area contributed by atoms with E-state index in [1.54, 1.807) is 24.5 Å². The smallest absolute Gasteiger partial charge is 0.174 e. The van der Waals surface area contributed by atoms with Crippen LogP contribution in [0.2, 0.25) is 0 Å². The summed E-state index contributed by atoms with van der Waals surface area (Å²) in [4.78, 5) is 4.08. The second-order valence-electron chi connectivity index (χ2n) is 3.94. The van der Waals surface area contributed by atoms with Crippen LogP contribution in [0.4, 0.5) is 4.39 Å². The first-order chi connectivity index (χ1) is 9.24. The summed E-state index contributed by atoms with van der Waals surface area (Å²) >= 11 is 3.33. The number of nitrogens with zero attached hydrogens (tertiary/aromatic N) is 2. The second-order valence-corrected chi connectivity index (χ2v) is 4.76. The lowest BCUT2D eigenvalue weighted by Crippen LogP contribution is -1.82. The van der Waals surface area contributed by atoms with Crippen molar-refractivity contribution in [3.63, 3.8) is 0 Å². The lowest BCUT2D eigenvalue weighted by atomic mass is 10.0. The van der Waals surface area contributed by atoms with Gasteiger partial charge in [-0.3, -0.25) is 0 Å². The molecule has 0 N–H and O–H groups in total. The molecule has 0 spiro atoms. The van der Waals surface area contributed by atoms with Gasteiger partial charge < -0.3 is 4.52 Å². The lowest BCUT2D eigenvalue weighted by Gasteiger charge is -2.02. The number of benzene rings is 1. The van der Waals surface area contributed by atoms with Gasteiger partial charge in [-0.25, -0.2) is 9.37 Å². The Bertz CT molecular complexity index is 709. The average molecular weight is 319 g/mol. The molecular formula is C14H8BrFN2O. The first kappa shape index (κ1) is 12.0. The fourth-order valence-corrected chi connectivity index (χ4v) is 2.19. The van der Waals surface area contributed by atoms with Crippen molar-refractivity contribution in [2.75, 3.05) is 0 Å². The molecule has 3 nitrogen and oxygen atoms in total. The van der Waals surface area contributed by atoms with E-state index in [1.807, 2.05) is 12.1 Å².